The van der Waals surface area contributed by atoms with Gasteiger partial charge in [-0.25, -0.2) is 0 Å². The highest BCUT2D eigenvalue weighted by Gasteiger charge is 2.14. The Morgan fingerprint density at radius 2 is 2.29 bits per heavy atom. The van der Waals surface area contributed by atoms with Gasteiger partial charge in [0, 0.05) is 6.54 Å². The number of benzene rings is 1. The summed E-state index contributed by atoms with van der Waals surface area (Å²) in [7, 11) is 0. The molecule has 0 bridgehead atoms. The van der Waals surface area contributed by atoms with Crippen molar-refractivity contribution in [3.05, 3.63) is 41.9 Å². The second-order valence-corrected chi connectivity index (χ2v) is 3.55. The predicted octanol–water partition coefficient (Wildman–Crippen LogP) is 0.897. The van der Waals surface area contributed by atoms with Gasteiger partial charge in [0.15, 0.2) is 0 Å². The Hall–Kier alpha value is -2.17. The van der Waals surface area contributed by atoms with Crippen molar-refractivity contribution in [3.63, 3.8) is 0 Å². The van der Waals surface area contributed by atoms with E-state index in [1.54, 1.807) is 18.2 Å². The number of rotatable bonds is 3. The summed E-state index contributed by atoms with van der Waals surface area (Å²) in [4.78, 5) is 11.6. The van der Waals surface area contributed by atoms with Crippen molar-refractivity contribution in [2.24, 2.45) is 0 Å². The second kappa shape index (κ2) is 5.25. The number of carbonyl (C=O) groups excluding carboxylic acids is 1. The first kappa shape index (κ1) is 11.3. The molecule has 0 saturated heterocycles. The van der Waals surface area contributed by atoms with Gasteiger partial charge in [0.05, 0.1) is 0 Å². The minimum Gasteiger partial charge on any atom is -0.508 e. The molecule has 0 saturated carbocycles. The van der Waals surface area contributed by atoms with Crippen LogP contribution in [0.5, 0.6) is 5.75 Å². The largest absolute Gasteiger partial charge is 0.508 e. The fraction of sp³-hybridized carbons (Fsp3) is 0.250. The zero-order valence-electron chi connectivity index (χ0n) is 9.18. The number of aromatic hydroxyl groups is 1. The van der Waals surface area contributed by atoms with Gasteiger partial charge in [-0.2, -0.15) is 0 Å². The molecular weight excluding hydrogens is 222 g/mol. The van der Waals surface area contributed by atoms with Crippen LogP contribution in [0.1, 0.15) is 5.56 Å². The molecule has 90 valence electrons. The van der Waals surface area contributed by atoms with E-state index < -0.39 is 0 Å². The minimum absolute atomic E-state index is 0.174. The van der Waals surface area contributed by atoms with E-state index in [0.717, 1.165) is 5.56 Å². The fourth-order valence-corrected chi connectivity index (χ4v) is 1.42. The molecular formula is C12H13NO4. The van der Waals surface area contributed by atoms with E-state index in [4.69, 9.17) is 9.47 Å². The van der Waals surface area contributed by atoms with Crippen LogP contribution in [0.25, 0.3) is 0 Å². The summed E-state index contributed by atoms with van der Waals surface area (Å²) >= 11 is 0. The van der Waals surface area contributed by atoms with Gasteiger partial charge in [-0.1, -0.05) is 12.1 Å². The number of carbonyl (C=O) groups is 1. The molecule has 1 aliphatic heterocycles. The highest BCUT2D eigenvalue weighted by molar-refractivity contribution is 5.91. The van der Waals surface area contributed by atoms with Gasteiger partial charge >= 0.3 is 0 Å². The Kier molecular flexibility index (Phi) is 3.49. The fourth-order valence-electron chi connectivity index (χ4n) is 1.42. The molecule has 2 rings (SSSR count). The zero-order chi connectivity index (χ0) is 12.1. The molecule has 1 aliphatic rings. The average Bonchev–Trinajstić information content (AvgIpc) is 2.37. The monoisotopic (exact) mass is 235 g/mol. The average molecular weight is 235 g/mol. The normalized spacial score (nSPS) is 14.2. The summed E-state index contributed by atoms with van der Waals surface area (Å²) in [5.41, 5.74) is 0.815. The third-order valence-corrected chi connectivity index (χ3v) is 2.24. The van der Waals surface area contributed by atoms with Crippen molar-refractivity contribution in [1.82, 2.24) is 5.32 Å². The lowest BCUT2D eigenvalue weighted by atomic mass is 10.2. The van der Waals surface area contributed by atoms with E-state index >= 15 is 0 Å². The van der Waals surface area contributed by atoms with Gasteiger partial charge in [-0.15, -0.1) is 0 Å². The van der Waals surface area contributed by atoms with Gasteiger partial charge in [0.1, 0.15) is 25.2 Å². The molecule has 1 aromatic carbocycles. The van der Waals surface area contributed by atoms with E-state index in [-0.39, 0.29) is 17.4 Å². The standard InChI is InChI=1S/C12H13NO4/c14-10-3-1-2-9(6-10)7-13-12(15)11-8-16-4-5-17-11/h1-3,6,8,14H,4-5,7H2,(H,13,15). The Morgan fingerprint density at radius 3 is 3.00 bits per heavy atom. The van der Waals surface area contributed by atoms with Crippen molar-refractivity contribution in [1.29, 1.82) is 0 Å². The molecule has 5 nitrogen and oxygen atoms in total. The summed E-state index contributed by atoms with van der Waals surface area (Å²) < 4.78 is 10.1. The van der Waals surface area contributed by atoms with E-state index in [1.807, 2.05) is 6.07 Å². The number of hydrogen-bond donors (Lipinski definition) is 2. The minimum atomic E-state index is -0.326. The molecule has 17 heavy (non-hydrogen) atoms. The highest BCUT2D eigenvalue weighted by Crippen LogP contribution is 2.11. The molecule has 0 unspecified atom stereocenters. The SMILES string of the molecule is O=C(NCc1cccc(O)c1)C1=COCCO1. The Bertz CT molecular complexity index is 442. The zero-order valence-corrected chi connectivity index (χ0v) is 9.18. The number of phenols is 1. The first-order valence-corrected chi connectivity index (χ1v) is 5.26. The molecule has 0 radical (unpaired) electrons. The molecule has 0 aromatic heterocycles. The molecule has 1 heterocycles. The van der Waals surface area contributed by atoms with Crippen molar-refractivity contribution < 1.29 is 19.4 Å². The summed E-state index contributed by atoms with van der Waals surface area (Å²) in [6, 6.07) is 6.70. The smallest absolute Gasteiger partial charge is 0.289 e. The Balaban J connectivity index is 1.89. The lowest BCUT2D eigenvalue weighted by Gasteiger charge is -2.15. The van der Waals surface area contributed by atoms with Gasteiger partial charge in [-0.05, 0) is 17.7 Å². The third-order valence-electron chi connectivity index (χ3n) is 2.24. The highest BCUT2D eigenvalue weighted by atomic mass is 16.6. The van der Waals surface area contributed by atoms with E-state index in [2.05, 4.69) is 5.32 Å². The predicted molar refractivity (Wildman–Crippen MR) is 59.9 cm³/mol. The second-order valence-electron chi connectivity index (χ2n) is 3.55. The molecule has 0 atom stereocenters. The summed E-state index contributed by atoms with van der Waals surface area (Å²) in [5.74, 6) is 0.0256. The van der Waals surface area contributed by atoms with Crippen molar-refractivity contribution in [3.8, 4) is 5.75 Å². The molecule has 0 fully saturated rings. The van der Waals surface area contributed by atoms with Crippen LogP contribution in [0.15, 0.2) is 36.3 Å². The quantitative estimate of drug-likeness (QED) is 0.816. The maximum atomic E-state index is 11.6. The summed E-state index contributed by atoms with van der Waals surface area (Å²) in [6.45, 7) is 1.17. The molecule has 1 aromatic rings. The lowest BCUT2D eigenvalue weighted by Crippen LogP contribution is -2.27. The Morgan fingerprint density at radius 1 is 1.41 bits per heavy atom. The number of phenolic OH excluding ortho intramolecular Hbond substituents is 1. The van der Waals surface area contributed by atoms with Crippen LogP contribution < -0.4 is 5.32 Å². The van der Waals surface area contributed by atoms with Crippen LogP contribution in [0.4, 0.5) is 0 Å². The van der Waals surface area contributed by atoms with Crippen molar-refractivity contribution in [2.75, 3.05) is 13.2 Å². The number of hydrogen-bond acceptors (Lipinski definition) is 4. The van der Waals surface area contributed by atoms with Gasteiger partial charge in [-0.3, -0.25) is 4.79 Å². The van der Waals surface area contributed by atoms with Crippen LogP contribution >= 0.6 is 0 Å². The lowest BCUT2D eigenvalue weighted by molar-refractivity contribution is -0.122. The molecule has 5 heteroatoms. The first-order chi connectivity index (χ1) is 8.25. The summed E-state index contributed by atoms with van der Waals surface area (Å²) in [6.07, 6.45) is 1.31. The molecule has 1 amide bonds. The Labute approximate surface area is 98.7 Å². The van der Waals surface area contributed by atoms with Gasteiger partial charge < -0.3 is 19.9 Å². The molecule has 0 spiro atoms. The van der Waals surface area contributed by atoms with Crippen molar-refractivity contribution >= 4 is 5.91 Å². The third kappa shape index (κ3) is 3.14. The maximum Gasteiger partial charge on any atom is 0.289 e. The number of amides is 1. The van der Waals surface area contributed by atoms with E-state index in [0.29, 0.717) is 19.8 Å². The molecule has 2 N–H and O–H groups in total. The van der Waals surface area contributed by atoms with Crippen LogP contribution in [-0.2, 0) is 20.8 Å². The van der Waals surface area contributed by atoms with E-state index in [1.165, 1.54) is 6.26 Å². The van der Waals surface area contributed by atoms with Crippen LogP contribution in [0.2, 0.25) is 0 Å². The van der Waals surface area contributed by atoms with Gasteiger partial charge in [0.2, 0.25) is 5.76 Å². The number of nitrogens with one attached hydrogen (secondary N) is 1. The molecule has 0 aliphatic carbocycles. The summed E-state index contributed by atoms with van der Waals surface area (Å²) in [5, 5.41) is 11.9. The maximum absolute atomic E-state index is 11.6. The van der Waals surface area contributed by atoms with Crippen molar-refractivity contribution in [2.45, 2.75) is 6.54 Å². The van der Waals surface area contributed by atoms with Crippen LogP contribution in [0.3, 0.4) is 0 Å². The van der Waals surface area contributed by atoms with Gasteiger partial charge in [0.25, 0.3) is 5.91 Å². The van der Waals surface area contributed by atoms with Crippen LogP contribution in [-0.4, -0.2) is 24.2 Å². The first-order valence-electron chi connectivity index (χ1n) is 5.26. The van der Waals surface area contributed by atoms with E-state index in [9.17, 15) is 9.90 Å². The number of ether oxygens (including phenoxy) is 2. The van der Waals surface area contributed by atoms with Crippen LogP contribution in [0, 0.1) is 0 Å². The topological polar surface area (TPSA) is 67.8 Å².